The summed E-state index contributed by atoms with van der Waals surface area (Å²) in [5, 5.41) is 0. The zero-order chi connectivity index (χ0) is 24.5. The lowest BCUT2D eigenvalue weighted by atomic mass is 9.95. The van der Waals surface area contributed by atoms with Gasteiger partial charge in [0.1, 0.15) is 0 Å². The van der Waals surface area contributed by atoms with E-state index in [1.807, 2.05) is 11.8 Å². The van der Waals surface area contributed by atoms with Crippen molar-refractivity contribution in [3.05, 3.63) is 23.8 Å². The molecule has 0 N–H and O–H groups in total. The fourth-order valence-corrected chi connectivity index (χ4v) is 6.66. The Kier molecular flexibility index (Phi) is 7.89. The molecule has 0 radical (unpaired) electrons. The number of benzene rings is 1. The van der Waals surface area contributed by atoms with Gasteiger partial charge in [-0.1, -0.05) is 27.7 Å². The quantitative estimate of drug-likeness (QED) is 0.602. The molecule has 0 aromatic heterocycles. The molecule has 0 saturated carbocycles. The van der Waals surface area contributed by atoms with Crippen LogP contribution in [0.15, 0.2) is 23.1 Å². The van der Waals surface area contributed by atoms with Crippen LogP contribution in [-0.4, -0.2) is 61.7 Å². The molecular weight excluding hydrogens is 438 g/mol. The van der Waals surface area contributed by atoms with Gasteiger partial charge in [-0.2, -0.15) is 4.31 Å². The van der Waals surface area contributed by atoms with Crippen LogP contribution in [0.2, 0.25) is 0 Å². The third-order valence-corrected chi connectivity index (χ3v) is 8.42. The molecule has 2 aliphatic heterocycles. The van der Waals surface area contributed by atoms with Crippen LogP contribution in [0.4, 0.5) is 5.69 Å². The summed E-state index contributed by atoms with van der Waals surface area (Å²) in [6.45, 7) is 14.1. The second-order valence-corrected chi connectivity index (χ2v) is 12.4. The third-order valence-electron chi connectivity index (χ3n) is 6.53. The number of sulfonamides is 1. The highest BCUT2D eigenvalue weighted by molar-refractivity contribution is 7.89. The van der Waals surface area contributed by atoms with Crippen molar-refractivity contribution >= 4 is 27.5 Å². The topological polar surface area (TPSA) is 78.0 Å². The zero-order valence-corrected chi connectivity index (χ0v) is 21.7. The van der Waals surface area contributed by atoms with E-state index in [4.69, 9.17) is 0 Å². The molecule has 3 rings (SSSR count). The van der Waals surface area contributed by atoms with E-state index in [0.717, 1.165) is 24.3 Å². The van der Waals surface area contributed by atoms with Gasteiger partial charge in [0, 0.05) is 50.7 Å². The van der Waals surface area contributed by atoms with Crippen LogP contribution in [0.1, 0.15) is 59.9 Å². The molecule has 7 nitrogen and oxygen atoms in total. The Morgan fingerprint density at radius 2 is 1.64 bits per heavy atom. The van der Waals surface area contributed by atoms with Crippen molar-refractivity contribution in [3.8, 4) is 0 Å². The maximum Gasteiger partial charge on any atom is 0.243 e. The van der Waals surface area contributed by atoms with Crippen LogP contribution in [0, 0.1) is 17.8 Å². The highest BCUT2D eigenvalue weighted by atomic mass is 32.2. The molecule has 0 spiro atoms. The van der Waals surface area contributed by atoms with Gasteiger partial charge in [-0.25, -0.2) is 8.42 Å². The molecule has 1 fully saturated rings. The lowest BCUT2D eigenvalue weighted by Gasteiger charge is -2.35. The predicted octanol–water partition coefficient (Wildman–Crippen LogP) is 3.53. The molecular formula is C25H39N3O4S. The Bertz CT molecular complexity index is 971. The van der Waals surface area contributed by atoms with E-state index in [0.29, 0.717) is 44.2 Å². The van der Waals surface area contributed by atoms with E-state index >= 15 is 0 Å². The van der Waals surface area contributed by atoms with Gasteiger partial charge in [-0.3, -0.25) is 9.59 Å². The first-order chi connectivity index (χ1) is 15.4. The van der Waals surface area contributed by atoms with Crippen LogP contribution in [0.3, 0.4) is 0 Å². The summed E-state index contributed by atoms with van der Waals surface area (Å²) in [5.41, 5.74) is 1.69. The Morgan fingerprint density at radius 3 is 2.15 bits per heavy atom. The summed E-state index contributed by atoms with van der Waals surface area (Å²) in [6, 6.07) is 5.09. The van der Waals surface area contributed by atoms with E-state index in [1.165, 1.54) is 11.2 Å². The van der Waals surface area contributed by atoms with Crippen LogP contribution >= 0.6 is 0 Å². The van der Waals surface area contributed by atoms with Crippen molar-refractivity contribution in [2.24, 2.45) is 17.8 Å². The van der Waals surface area contributed by atoms with Crippen LogP contribution in [-0.2, 0) is 26.0 Å². The molecule has 2 aliphatic rings. The first-order valence-electron chi connectivity index (χ1n) is 12.1. The smallest absolute Gasteiger partial charge is 0.243 e. The molecule has 1 saturated heterocycles. The number of hydrogen-bond acceptors (Lipinski definition) is 4. The number of piperidine rings is 1. The molecule has 1 atom stereocenters. The van der Waals surface area contributed by atoms with Crippen molar-refractivity contribution in [1.29, 1.82) is 0 Å². The van der Waals surface area contributed by atoms with Crippen molar-refractivity contribution < 1.29 is 18.0 Å². The van der Waals surface area contributed by atoms with Crippen molar-refractivity contribution in [2.75, 3.05) is 31.1 Å². The number of amides is 2. The number of fused-ring (bicyclic) bond motifs is 1. The van der Waals surface area contributed by atoms with Gasteiger partial charge in [-0.15, -0.1) is 0 Å². The first-order valence-corrected chi connectivity index (χ1v) is 13.6. The summed E-state index contributed by atoms with van der Waals surface area (Å²) < 4.78 is 28.2. The molecule has 8 heteroatoms. The summed E-state index contributed by atoms with van der Waals surface area (Å²) in [6.07, 6.45) is 1.74. The van der Waals surface area contributed by atoms with Gasteiger partial charge in [0.25, 0.3) is 0 Å². The number of carbonyl (C=O) groups excluding carboxylic acids is 2. The van der Waals surface area contributed by atoms with Crippen LogP contribution < -0.4 is 4.90 Å². The second-order valence-electron chi connectivity index (χ2n) is 10.4. The Morgan fingerprint density at radius 1 is 1.06 bits per heavy atom. The second kappa shape index (κ2) is 10.1. The maximum absolute atomic E-state index is 13.3. The van der Waals surface area contributed by atoms with Gasteiger partial charge >= 0.3 is 0 Å². The lowest BCUT2D eigenvalue weighted by Crippen LogP contribution is -2.46. The molecule has 1 aromatic rings. The minimum Gasteiger partial charge on any atom is -0.342 e. The fourth-order valence-electron chi connectivity index (χ4n) is 5.13. The maximum atomic E-state index is 13.3. The summed E-state index contributed by atoms with van der Waals surface area (Å²) in [7, 11) is -3.64. The standard InChI is InChI=1S/C25H39N3O4S/c1-17(2)15-26(16-18(3)4)25(30)21-9-11-27(12-10-21)33(31,32)23-7-8-24-22(14-23)13-19(5)28(24)20(6)29/h7-8,14,17-19,21H,9-13,15-16H2,1-6H3. The van der Waals surface area contributed by atoms with Gasteiger partial charge in [-0.05, 0) is 61.8 Å². The molecule has 2 heterocycles. The monoisotopic (exact) mass is 477 g/mol. The van der Waals surface area contributed by atoms with Gasteiger partial charge < -0.3 is 9.80 Å². The molecule has 2 amide bonds. The van der Waals surface area contributed by atoms with Crippen LogP contribution in [0.25, 0.3) is 0 Å². The largest absolute Gasteiger partial charge is 0.342 e. The zero-order valence-electron chi connectivity index (χ0n) is 20.9. The van der Waals surface area contributed by atoms with Gasteiger partial charge in [0.2, 0.25) is 21.8 Å². The minimum atomic E-state index is -3.64. The highest BCUT2D eigenvalue weighted by Crippen LogP contribution is 2.35. The average Bonchev–Trinajstić information content (AvgIpc) is 3.07. The fraction of sp³-hybridized carbons (Fsp3) is 0.680. The predicted molar refractivity (Wildman–Crippen MR) is 131 cm³/mol. The SMILES string of the molecule is CC(=O)N1c2ccc(S(=O)(=O)N3CCC(C(=O)N(CC(C)C)CC(C)C)CC3)cc2CC1C. The Balaban J connectivity index is 1.70. The lowest BCUT2D eigenvalue weighted by molar-refractivity contribution is -0.137. The van der Waals surface area contributed by atoms with E-state index in [2.05, 4.69) is 27.7 Å². The molecule has 0 bridgehead atoms. The summed E-state index contributed by atoms with van der Waals surface area (Å²) in [5.74, 6) is 0.793. The Labute approximate surface area is 199 Å². The summed E-state index contributed by atoms with van der Waals surface area (Å²) >= 11 is 0. The summed E-state index contributed by atoms with van der Waals surface area (Å²) in [4.78, 5) is 29.1. The number of nitrogens with zero attached hydrogens (tertiary/aromatic N) is 3. The molecule has 1 aromatic carbocycles. The van der Waals surface area contributed by atoms with Crippen LogP contribution in [0.5, 0.6) is 0 Å². The molecule has 1 unspecified atom stereocenters. The van der Waals surface area contributed by atoms with Crippen molar-refractivity contribution in [2.45, 2.75) is 71.7 Å². The molecule has 184 valence electrons. The van der Waals surface area contributed by atoms with Crippen molar-refractivity contribution in [1.82, 2.24) is 9.21 Å². The first kappa shape index (κ1) is 25.7. The number of hydrogen-bond donors (Lipinski definition) is 0. The molecule has 0 aliphatic carbocycles. The van der Waals surface area contributed by atoms with E-state index < -0.39 is 10.0 Å². The minimum absolute atomic E-state index is 0.0248. The van der Waals surface area contributed by atoms with E-state index in [-0.39, 0.29) is 28.7 Å². The Hall–Kier alpha value is -1.93. The number of rotatable bonds is 7. The number of anilines is 1. The molecule has 33 heavy (non-hydrogen) atoms. The normalized spacial score (nSPS) is 19.9. The number of carbonyl (C=O) groups is 2. The van der Waals surface area contributed by atoms with E-state index in [9.17, 15) is 18.0 Å². The van der Waals surface area contributed by atoms with E-state index in [1.54, 1.807) is 23.1 Å². The van der Waals surface area contributed by atoms with Gasteiger partial charge in [0.15, 0.2) is 0 Å². The van der Waals surface area contributed by atoms with Crippen molar-refractivity contribution in [3.63, 3.8) is 0 Å². The third kappa shape index (κ3) is 5.60. The van der Waals surface area contributed by atoms with Gasteiger partial charge in [0.05, 0.1) is 4.90 Å². The average molecular weight is 478 g/mol. The highest BCUT2D eigenvalue weighted by Gasteiger charge is 2.36.